The smallest absolute Gasteiger partial charge is 0.149 e. The average molecular weight is 288 g/mol. The highest BCUT2D eigenvalue weighted by atomic mass is 32.1. The number of rotatable bonds is 5. The molecule has 0 bridgehead atoms. The molecule has 0 spiro atoms. The molecule has 0 aliphatic carbocycles. The Labute approximate surface area is 120 Å². The van der Waals surface area contributed by atoms with Gasteiger partial charge in [-0.25, -0.2) is 0 Å². The summed E-state index contributed by atoms with van der Waals surface area (Å²) in [5, 5.41) is 20.7. The molecular weight excluding hydrogens is 272 g/mol. The number of aryl methyl sites for hydroxylation is 1. The van der Waals surface area contributed by atoms with Crippen LogP contribution in [0.2, 0.25) is 0 Å². The lowest BCUT2D eigenvalue weighted by molar-refractivity contribution is 0.529. The van der Waals surface area contributed by atoms with E-state index in [2.05, 4.69) is 44.1 Å². The maximum Gasteiger partial charge on any atom is 0.149 e. The Morgan fingerprint density at radius 2 is 2.40 bits per heavy atom. The monoisotopic (exact) mass is 288 g/mol. The van der Waals surface area contributed by atoms with Crippen molar-refractivity contribution in [1.29, 1.82) is 0 Å². The third-order valence-electron chi connectivity index (χ3n) is 3.22. The van der Waals surface area contributed by atoms with E-state index < -0.39 is 0 Å². The molecule has 7 heteroatoms. The third kappa shape index (κ3) is 2.50. The van der Waals surface area contributed by atoms with Gasteiger partial charge in [0.15, 0.2) is 0 Å². The number of H-pyrrole nitrogens is 1. The zero-order chi connectivity index (χ0) is 13.9. The fourth-order valence-electron chi connectivity index (χ4n) is 2.12. The van der Waals surface area contributed by atoms with Gasteiger partial charge < -0.3 is 9.88 Å². The van der Waals surface area contributed by atoms with Crippen molar-refractivity contribution in [1.82, 2.24) is 30.3 Å². The molecule has 0 saturated carbocycles. The molecule has 3 aromatic rings. The minimum absolute atomic E-state index is 0.133. The van der Waals surface area contributed by atoms with Crippen LogP contribution in [0, 0.1) is 0 Å². The third-order valence-corrected chi connectivity index (χ3v) is 4.11. The van der Waals surface area contributed by atoms with Crippen molar-refractivity contribution in [3.63, 3.8) is 0 Å². The van der Waals surface area contributed by atoms with Gasteiger partial charge in [0.1, 0.15) is 12.2 Å². The van der Waals surface area contributed by atoms with Crippen molar-refractivity contribution in [2.45, 2.75) is 19.5 Å². The molecule has 6 nitrogen and oxygen atoms in total. The first kappa shape index (κ1) is 13.0. The second kappa shape index (κ2) is 5.56. The number of nitrogens with zero attached hydrogens (tertiary/aromatic N) is 4. The van der Waals surface area contributed by atoms with Gasteiger partial charge in [0.05, 0.1) is 22.8 Å². The maximum atomic E-state index is 4.14. The predicted octanol–water partition coefficient (Wildman–Crippen LogP) is 2.12. The highest BCUT2D eigenvalue weighted by molar-refractivity contribution is 7.13. The van der Waals surface area contributed by atoms with Crippen molar-refractivity contribution in [3.8, 4) is 10.6 Å². The Hall–Kier alpha value is -1.99. The molecule has 104 valence electrons. The lowest BCUT2D eigenvalue weighted by Crippen LogP contribution is -2.21. The molecule has 0 aromatic carbocycles. The van der Waals surface area contributed by atoms with Gasteiger partial charge in [0, 0.05) is 19.2 Å². The van der Waals surface area contributed by atoms with Crippen LogP contribution < -0.4 is 5.32 Å². The van der Waals surface area contributed by atoms with Crippen molar-refractivity contribution in [2.24, 2.45) is 7.05 Å². The molecule has 0 amide bonds. The van der Waals surface area contributed by atoms with E-state index in [0.717, 1.165) is 23.6 Å². The summed E-state index contributed by atoms with van der Waals surface area (Å²) in [5.41, 5.74) is 2.24. The summed E-state index contributed by atoms with van der Waals surface area (Å²) in [6.07, 6.45) is 3.58. The Morgan fingerprint density at radius 3 is 3.10 bits per heavy atom. The standard InChI is InChI=1S/C13H16N6S/c1-9(13-18-16-8-19(13)2)14-6-10-7-15-17-12(10)11-4-3-5-20-11/h3-5,7-9,14H,6H2,1-2H3,(H,15,17). The minimum Gasteiger partial charge on any atom is -0.319 e. The molecular formula is C13H16N6S. The first-order valence-corrected chi connectivity index (χ1v) is 7.27. The van der Waals surface area contributed by atoms with Gasteiger partial charge in [-0.1, -0.05) is 6.07 Å². The molecule has 20 heavy (non-hydrogen) atoms. The highest BCUT2D eigenvalue weighted by Crippen LogP contribution is 2.26. The van der Waals surface area contributed by atoms with Gasteiger partial charge in [-0.2, -0.15) is 5.10 Å². The van der Waals surface area contributed by atoms with Gasteiger partial charge >= 0.3 is 0 Å². The summed E-state index contributed by atoms with van der Waals surface area (Å²) in [7, 11) is 1.95. The molecule has 1 unspecified atom stereocenters. The fourth-order valence-corrected chi connectivity index (χ4v) is 2.87. The number of hydrogen-bond donors (Lipinski definition) is 2. The molecule has 3 aromatic heterocycles. The Balaban J connectivity index is 1.71. The van der Waals surface area contributed by atoms with Crippen LogP contribution >= 0.6 is 11.3 Å². The van der Waals surface area contributed by atoms with Crippen molar-refractivity contribution in [2.75, 3.05) is 0 Å². The van der Waals surface area contributed by atoms with Gasteiger partial charge in [-0.3, -0.25) is 5.10 Å². The second-order valence-corrected chi connectivity index (χ2v) is 5.60. The summed E-state index contributed by atoms with van der Waals surface area (Å²) in [6.45, 7) is 2.81. The van der Waals surface area contributed by atoms with E-state index >= 15 is 0 Å². The first-order chi connectivity index (χ1) is 9.75. The van der Waals surface area contributed by atoms with Gasteiger partial charge in [0.2, 0.25) is 0 Å². The lowest BCUT2D eigenvalue weighted by atomic mass is 10.2. The largest absolute Gasteiger partial charge is 0.319 e. The summed E-state index contributed by atoms with van der Waals surface area (Å²) >= 11 is 1.70. The Bertz CT molecular complexity index is 669. The fraction of sp³-hybridized carbons (Fsp3) is 0.308. The van der Waals surface area contributed by atoms with Crippen LogP contribution in [0.1, 0.15) is 24.4 Å². The zero-order valence-corrected chi connectivity index (χ0v) is 12.2. The van der Waals surface area contributed by atoms with Crippen LogP contribution in [0.15, 0.2) is 30.0 Å². The summed E-state index contributed by atoms with van der Waals surface area (Å²) < 4.78 is 1.92. The first-order valence-electron chi connectivity index (χ1n) is 6.39. The molecule has 1 atom stereocenters. The van der Waals surface area contributed by atoms with E-state index in [1.807, 2.05) is 23.9 Å². The average Bonchev–Trinajstić information content (AvgIpc) is 3.16. The van der Waals surface area contributed by atoms with Crippen LogP contribution in [0.25, 0.3) is 10.6 Å². The number of aromatic amines is 1. The molecule has 0 fully saturated rings. The second-order valence-electron chi connectivity index (χ2n) is 4.65. The van der Waals surface area contributed by atoms with E-state index in [0.29, 0.717) is 0 Å². The van der Waals surface area contributed by atoms with E-state index in [4.69, 9.17) is 0 Å². The summed E-state index contributed by atoms with van der Waals surface area (Å²) in [5.74, 6) is 0.922. The normalized spacial score (nSPS) is 12.7. The van der Waals surface area contributed by atoms with Crippen LogP contribution in [-0.2, 0) is 13.6 Å². The van der Waals surface area contributed by atoms with Crippen molar-refractivity contribution >= 4 is 11.3 Å². The quantitative estimate of drug-likeness (QED) is 0.754. The molecule has 0 saturated heterocycles. The van der Waals surface area contributed by atoms with E-state index in [1.54, 1.807) is 17.7 Å². The SMILES string of the molecule is CC(NCc1cn[nH]c1-c1cccs1)c1nncn1C. The molecule has 0 aliphatic rings. The maximum absolute atomic E-state index is 4.14. The number of thiophene rings is 1. The van der Waals surface area contributed by atoms with Crippen molar-refractivity contribution in [3.05, 3.63) is 41.4 Å². The molecule has 3 heterocycles. The molecule has 2 N–H and O–H groups in total. The zero-order valence-electron chi connectivity index (χ0n) is 11.4. The van der Waals surface area contributed by atoms with E-state index in [1.165, 1.54) is 4.88 Å². The summed E-state index contributed by atoms with van der Waals surface area (Å²) in [4.78, 5) is 1.20. The molecule has 0 radical (unpaired) electrons. The Morgan fingerprint density at radius 1 is 1.50 bits per heavy atom. The number of aromatic nitrogens is 5. The van der Waals surface area contributed by atoms with Crippen LogP contribution in [0.4, 0.5) is 0 Å². The predicted molar refractivity (Wildman–Crippen MR) is 78.2 cm³/mol. The van der Waals surface area contributed by atoms with E-state index in [9.17, 15) is 0 Å². The van der Waals surface area contributed by atoms with Gasteiger partial charge in [-0.05, 0) is 18.4 Å². The van der Waals surface area contributed by atoms with Crippen LogP contribution in [0.5, 0.6) is 0 Å². The van der Waals surface area contributed by atoms with E-state index in [-0.39, 0.29) is 6.04 Å². The highest BCUT2D eigenvalue weighted by Gasteiger charge is 2.13. The minimum atomic E-state index is 0.133. The lowest BCUT2D eigenvalue weighted by Gasteiger charge is -2.12. The van der Waals surface area contributed by atoms with Crippen LogP contribution in [0.3, 0.4) is 0 Å². The van der Waals surface area contributed by atoms with Crippen molar-refractivity contribution < 1.29 is 0 Å². The number of hydrogen-bond acceptors (Lipinski definition) is 5. The van der Waals surface area contributed by atoms with Gasteiger partial charge in [0.25, 0.3) is 0 Å². The number of nitrogens with one attached hydrogen (secondary N) is 2. The summed E-state index contributed by atoms with van der Waals surface area (Å²) in [6, 6.07) is 4.27. The van der Waals surface area contributed by atoms with Gasteiger partial charge in [-0.15, -0.1) is 21.5 Å². The topological polar surface area (TPSA) is 71.4 Å². The Kier molecular flexibility index (Phi) is 3.62. The molecule has 0 aliphatic heterocycles. The van der Waals surface area contributed by atoms with Crippen LogP contribution in [-0.4, -0.2) is 25.0 Å². The molecule has 3 rings (SSSR count).